The van der Waals surface area contributed by atoms with Crippen molar-refractivity contribution < 1.29 is 14.3 Å². The molecule has 0 aromatic heterocycles. The standard InChI is InChI=1S/C18H22N2O3/c1-11-16(18(22)23-17(11)20-12(2)21)15-5-3-13(4-6-15)14-7-9-19-10-8-14/h3-7,11,16-17,19H,8-10H2,1-2H3,(H,20,21). The Hall–Kier alpha value is -2.14. The summed E-state index contributed by atoms with van der Waals surface area (Å²) < 4.78 is 5.31. The lowest BCUT2D eigenvalue weighted by Gasteiger charge is -2.18. The molecule has 2 heterocycles. The lowest BCUT2D eigenvalue weighted by atomic mass is 9.87. The first-order valence-electron chi connectivity index (χ1n) is 8.04. The van der Waals surface area contributed by atoms with Crippen LogP contribution in [0.15, 0.2) is 30.3 Å². The predicted octanol–water partition coefficient (Wildman–Crippen LogP) is 1.80. The monoisotopic (exact) mass is 314 g/mol. The molecule has 5 nitrogen and oxygen atoms in total. The van der Waals surface area contributed by atoms with Crippen molar-refractivity contribution in [3.8, 4) is 0 Å². The molecule has 0 spiro atoms. The first-order valence-corrected chi connectivity index (χ1v) is 8.04. The molecule has 3 rings (SSSR count). The van der Waals surface area contributed by atoms with Gasteiger partial charge in [-0.2, -0.15) is 0 Å². The van der Waals surface area contributed by atoms with E-state index in [1.54, 1.807) is 0 Å². The molecule has 2 N–H and O–H groups in total. The molecular formula is C18H22N2O3. The fraction of sp³-hybridized carbons (Fsp3) is 0.444. The topological polar surface area (TPSA) is 67.4 Å². The van der Waals surface area contributed by atoms with Gasteiger partial charge in [-0.1, -0.05) is 37.3 Å². The van der Waals surface area contributed by atoms with E-state index in [-0.39, 0.29) is 23.7 Å². The highest BCUT2D eigenvalue weighted by Crippen LogP contribution is 2.36. The Morgan fingerprint density at radius 1 is 1.30 bits per heavy atom. The molecule has 0 aliphatic carbocycles. The fourth-order valence-corrected chi connectivity index (χ4v) is 3.29. The summed E-state index contributed by atoms with van der Waals surface area (Å²) in [5.41, 5.74) is 3.48. The zero-order valence-corrected chi connectivity index (χ0v) is 13.5. The van der Waals surface area contributed by atoms with Crippen molar-refractivity contribution in [1.29, 1.82) is 0 Å². The summed E-state index contributed by atoms with van der Waals surface area (Å²) in [6, 6.07) is 8.13. The molecule has 23 heavy (non-hydrogen) atoms. The van der Waals surface area contributed by atoms with Gasteiger partial charge in [0.15, 0.2) is 6.23 Å². The van der Waals surface area contributed by atoms with E-state index in [0.717, 1.165) is 25.1 Å². The largest absolute Gasteiger partial charge is 0.441 e. The molecule has 1 aromatic carbocycles. The summed E-state index contributed by atoms with van der Waals surface area (Å²) in [5.74, 6) is -0.883. The van der Waals surface area contributed by atoms with E-state index in [1.165, 1.54) is 18.1 Å². The Morgan fingerprint density at radius 3 is 2.65 bits per heavy atom. The maximum atomic E-state index is 12.2. The van der Waals surface area contributed by atoms with Crippen LogP contribution in [-0.2, 0) is 14.3 Å². The summed E-state index contributed by atoms with van der Waals surface area (Å²) in [6.07, 6.45) is 2.68. The van der Waals surface area contributed by atoms with Crippen molar-refractivity contribution in [2.75, 3.05) is 13.1 Å². The van der Waals surface area contributed by atoms with Crippen LogP contribution < -0.4 is 10.6 Å². The van der Waals surface area contributed by atoms with Crippen LogP contribution >= 0.6 is 0 Å². The first-order chi connectivity index (χ1) is 11.1. The third-order valence-corrected chi connectivity index (χ3v) is 4.55. The van der Waals surface area contributed by atoms with Gasteiger partial charge in [0.2, 0.25) is 5.91 Å². The molecule has 0 radical (unpaired) electrons. The van der Waals surface area contributed by atoms with Crippen molar-refractivity contribution in [3.05, 3.63) is 41.5 Å². The third-order valence-electron chi connectivity index (χ3n) is 4.55. The van der Waals surface area contributed by atoms with Crippen LogP contribution in [0.3, 0.4) is 0 Å². The van der Waals surface area contributed by atoms with Crippen LogP contribution in [0.2, 0.25) is 0 Å². The van der Waals surface area contributed by atoms with Gasteiger partial charge in [0.25, 0.3) is 0 Å². The zero-order valence-electron chi connectivity index (χ0n) is 13.5. The molecule has 1 saturated heterocycles. The Bertz CT molecular complexity index is 636. The maximum Gasteiger partial charge on any atom is 0.315 e. The number of benzene rings is 1. The Kier molecular flexibility index (Phi) is 4.48. The van der Waals surface area contributed by atoms with Gasteiger partial charge in [0.05, 0.1) is 5.92 Å². The smallest absolute Gasteiger partial charge is 0.315 e. The number of rotatable bonds is 3. The van der Waals surface area contributed by atoms with E-state index in [0.29, 0.717) is 0 Å². The second kappa shape index (κ2) is 6.54. The number of carbonyl (C=O) groups excluding carboxylic acids is 2. The number of carbonyl (C=O) groups is 2. The van der Waals surface area contributed by atoms with E-state index >= 15 is 0 Å². The summed E-state index contributed by atoms with van der Waals surface area (Å²) in [4.78, 5) is 23.4. The normalized spacial score (nSPS) is 27.3. The molecule has 0 saturated carbocycles. The van der Waals surface area contributed by atoms with Crippen LogP contribution in [-0.4, -0.2) is 31.2 Å². The number of ether oxygens (including phenoxy) is 1. The number of hydrogen-bond acceptors (Lipinski definition) is 4. The quantitative estimate of drug-likeness (QED) is 0.835. The molecular weight excluding hydrogens is 292 g/mol. The van der Waals surface area contributed by atoms with Gasteiger partial charge in [-0.25, -0.2) is 0 Å². The molecule has 1 amide bonds. The average Bonchev–Trinajstić information content (AvgIpc) is 2.82. The zero-order chi connectivity index (χ0) is 16.4. The van der Waals surface area contributed by atoms with E-state index in [2.05, 4.69) is 28.8 Å². The van der Waals surface area contributed by atoms with Gasteiger partial charge < -0.3 is 15.4 Å². The molecule has 2 aliphatic rings. The Morgan fingerprint density at radius 2 is 2.04 bits per heavy atom. The minimum Gasteiger partial charge on any atom is -0.441 e. The number of nitrogens with one attached hydrogen (secondary N) is 2. The van der Waals surface area contributed by atoms with E-state index in [1.807, 2.05) is 19.1 Å². The van der Waals surface area contributed by atoms with Crippen molar-refractivity contribution in [1.82, 2.24) is 10.6 Å². The SMILES string of the molecule is CC(=O)NC1OC(=O)C(c2ccc(C3=CCNCC3)cc2)C1C. The lowest BCUT2D eigenvalue weighted by molar-refractivity contribution is -0.144. The van der Waals surface area contributed by atoms with Crippen molar-refractivity contribution in [2.45, 2.75) is 32.4 Å². The third kappa shape index (κ3) is 3.29. The van der Waals surface area contributed by atoms with E-state index in [9.17, 15) is 9.59 Å². The van der Waals surface area contributed by atoms with Crippen LogP contribution in [0, 0.1) is 5.92 Å². The van der Waals surface area contributed by atoms with Gasteiger partial charge in [-0.15, -0.1) is 0 Å². The highest BCUT2D eigenvalue weighted by atomic mass is 16.6. The minimum atomic E-state index is -0.545. The number of cyclic esters (lactones) is 1. The van der Waals surface area contributed by atoms with E-state index in [4.69, 9.17) is 4.74 Å². The maximum absolute atomic E-state index is 12.2. The molecule has 1 fully saturated rings. The van der Waals surface area contributed by atoms with Crippen molar-refractivity contribution in [2.24, 2.45) is 5.92 Å². The fourth-order valence-electron chi connectivity index (χ4n) is 3.29. The van der Waals surface area contributed by atoms with Gasteiger partial charge in [-0.05, 0) is 29.7 Å². The molecule has 3 atom stereocenters. The Balaban J connectivity index is 1.77. The van der Waals surface area contributed by atoms with Crippen LogP contribution in [0.25, 0.3) is 5.57 Å². The highest BCUT2D eigenvalue weighted by Gasteiger charge is 2.43. The number of amides is 1. The molecule has 3 unspecified atom stereocenters. The van der Waals surface area contributed by atoms with Crippen LogP contribution in [0.5, 0.6) is 0 Å². The molecule has 1 aromatic rings. The second-order valence-electron chi connectivity index (χ2n) is 6.20. The van der Waals surface area contributed by atoms with Gasteiger partial charge >= 0.3 is 5.97 Å². The predicted molar refractivity (Wildman–Crippen MR) is 87.5 cm³/mol. The molecule has 122 valence electrons. The van der Waals surface area contributed by atoms with Gasteiger partial charge in [-0.3, -0.25) is 9.59 Å². The van der Waals surface area contributed by atoms with Crippen LogP contribution in [0.4, 0.5) is 0 Å². The minimum absolute atomic E-state index is 0.0876. The summed E-state index contributed by atoms with van der Waals surface area (Å²) in [6.45, 7) is 5.26. The number of esters is 1. The highest BCUT2D eigenvalue weighted by molar-refractivity contribution is 5.82. The van der Waals surface area contributed by atoms with Crippen LogP contribution in [0.1, 0.15) is 37.3 Å². The number of hydrogen-bond donors (Lipinski definition) is 2. The summed E-state index contributed by atoms with van der Waals surface area (Å²) >= 11 is 0. The van der Waals surface area contributed by atoms with E-state index < -0.39 is 6.23 Å². The van der Waals surface area contributed by atoms with Crippen molar-refractivity contribution in [3.63, 3.8) is 0 Å². The summed E-state index contributed by atoms with van der Waals surface area (Å²) in [7, 11) is 0. The Labute approximate surface area is 136 Å². The summed E-state index contributed by atoms with van der Waals surface area (Å²) in [5, 5.41) is 5.99. The van der Waals surface area contributed by atoms with Gasteiger partial charge in [0, 0.05) is 19.4 Å². The second-order valence-corrected chi connectivity index (χ2v) is 6.20. The van der Waals surface area contributed by atoms with Crippen molar-refractivity contribution >= 4 is 17.4 Å². The lowest BCUT2D eigenvalue weighted by Crippen LogP contribution is -2.36. The first kappa shape index (κ1) is 15.7. The molecule has 5 heteroatoms. The molecule has 2 aliphatic heterocycles. The van der Waals surface area contributed by atoms with Gasteiger partial charge in [0.1, 0.15) is 0 Å². The average molecular weight is 314 g/mol. The molecule has 0 bridgehead atoms.